The van der Waals surface area contributed by atoms with Crippen LogP contribution in [-0.2, 0) is 55.0 Å². The maximum Gasteiger partial charge on any atom is 0.308 e. The number of aliphatic hydroxyl groups excluding tert-OH is 2. The van der Waals surface area contributed by atoms with Gasteiger partial charge in [-0.25, -0.2) is 5.26 Å². The number of hydrogen-bond acceptors (Lipinski definition) is 14. The van der Waals surface area contributed by atoms with Crippen molar-refractivity contribution in [2.24, 2.45) is 5.92 Å². The summed E-state index contributed by atoms with van der Waals surface area (Å²) >= 11 is 0.765. The highest BCUT2D eigenvalue weighted by molar-refractivity contribution is 7.94. The number of rotatable bonds is 16. The predicted octanol–water partition coefficient (Wildman–Crippen LogP) is 4.90. The zero-order chi connectivity index (χ0) is 45.4. The molecule has 4 aliphatic rings. The predicted molar refractivity (Wildman–Crippen MR) is 230 cm³/mol. The summed E-state index contributed by atoms with van der Waals surface area (Å²) in [6.45, 7) is 4.90. The zero-order valence-corrected chi connectivity index (χ0v) is 37.5. The third-order valence-electron chi connectivity index (χ3n) is 12.1. The lowest BCUT2D eigenvalue weighted by molar-refractivity contribution is -0.449. The molecule has 6 unspecified atom stereocenters. The standard InChI is InChI=1S/C41H50N2O15S4/c1-26(44)57-31(12-4-8-27-10-6-18-40(2)34-20-32(59-58-47)14-16-36(34)42(38(27)40)22-29(45)24-60(48,49)50)13-5-9-28-11-7-19-41(3)35-21-33(62(54,55)56)15-17-37(35)43(39(28)41)23-30(46)25-61(51,52)53/h4-5,8-9,12-17,20-21,28-30,39,45-46H,6-7,10-11,18-19,22-25H2,1-3H3,(H3-,47,48,49,50,51,52,53,54,55,56)/p+1/b9-5+,12-4+,27-8+,31-13-. The molecule has 21 heteroatoms. The first-order valence-corrected chi connectivity index (χ1v) is 25.2. The number of fused-ring (bicyclic) bond motifs is 6. The Labute approximate surface area is 365 Å². The minimum atomic E-state index is -4.56. The Bertz CT molecular complexity index is 2590. The van der Waals surface area contributed by atoms with Gasteiger partial charge in [0, 0.05) is 52.7 Å². The van der Waals surface area contributed by atoms with E-state index in [1.165, 1.54) is 25.1 Å². The van der Waals surface area contributed by atoms with Crippen LogP contribution < -0.4 is 4.90 Å². The average molecular weight is 940 g/mol. The van der Waals surface area contributed by atoms with E-state index in [4.69, 9.17) is 9.99 Å². The van der Waals surface area contributed by atoms with Crippen LogP contribution in [0.5, 0.6) is 0 Å². The van der Waals surface area contributed by atoms with Crippen LogP contribution in [0.2, 0.25) is 0 Å². The van der Waals surface area contributed by atoms with E-state index in [1.807, 2.05) is 41.5 Å². The van der Waals surface area contributed by atoms with Crippen LogP contribution in [0.15, 0.2) is 94.0 Å². The van der Waals surface area contributed by atoms with E-state index in [-0.39, 0.29) is 29.7 Å². The number of nitrogens with zero attached hydrogens (tertiary/aromatic N) is 2. The van der Waals surface area contributed by atoms with Crippen LogP contribution in [0.3, 0.4) is 0 Å². The lowest BCUT2D eigenvalue weighted by Gasteiger charge is -2.45. The van der Waals surface area contributed by atoms with E-state index in [0.29, 0.717) is 48.3 Å². The molecule has 0 aromatic heterocycles. The molecule has 2 aromatic carbocycles. The van der Waals surface area contributed by atoms with E-state index in [9.17, 15) is 53.9 Å². The largest absolute Gasteiger partial charge is 0.427 e. The van der Waals surface area contributed by atoms with Crippen molar-refractivity contribution in [2.45, 2.75) is 98.2 Å². The van der Waals surface area contributed by atoms with Crippen molar-refractivity contribution in [3.63, 3.8) is 0 Å². The van der Waals surface area contributed by atoms with E-state index < -0.39 is 76.9 Å². The van der Waals surface area contributed by atoms with Gasteiger partial charge in [0.05, 0.1) is 28.5 Å². The van der Waals surface area contributed by atoms with Crippen molar-refractivity contribution in [1.29, 1.82) is 0 Å². The number of aliphatic hydroxyl groups is 2. The zero-order valence-electron chi connectivity index (χ0n) is 34.2. The number of benzene rings is 2. The molecule has 0 radical (unpaired) electrons. The van der Waals surface area contributed by atoms with Crippen molar-refractivity contribution in [1.82, 2.24) is 0 Å². The molecule has 6 atom stereocenters. The second kappa shape index (κ2) is 18.4. The first kappa shape index (κ1) is 47.7. The number of esters is 1. The number of carbonyl (C=O) groups is 1. The fourth-order valence-electron chi connectivity index (χ4n) is 9.89. The summed E-state index contributed by atoms with van der Waals surface area (Å²) in [5.41, 5.74) is 3.15. The lowest BCUT2D eigenvalue weighted by Crippen LogP contribution is -2.52. The molecule has 2 fully saturated rings. The van der Waals surface area contributed by atoms with E-state index in [0.717, 1.165) is 41.0 Å². The van der Waals surface area contributed by atoms with Gasteiger partial charge in [0.25, 0.3) is 30.4 Å². The molecule has 338 valence electrons. The number of carbonyl (C=O) groups excluding carboxylic acids is 1. The summed E-state index contributed by atoms with van der Waals surface area (Å²) in [7, 11) is -13.6. The highest BCUT2D eigenvalue weighted by Crippen LogP contribution is 2.55. The van der Waals surface area contributed by atoms with Crippen LogP contribution in [0, 0.1) is 5.92 Å². The first-order valence-electron chi connectivity index (χ1n) is 19.8. The van der Waals surface area contributed by atoms with Crippen molar-refractivity contribution < 1.29 is 72.8 Å². The smallest absolute Gasteiger partial charge is 0.308 e. The molecule has 2 aliphatic heterocycles. The molecule has 62 heavy (non-hydrogen) atoms. The minimum Gasteiger partial charge on any atom is -0.427 e. The molecule has 0 amide bonds. The Morgan fingerprint density at radius 2 is 1.66 bits per heavy atom. The van der Waals surface area contributed by atoms with Gasteiger partial charge < -0.3 is 19.8 Å². The minimum absolute atomic E-state index is 0.143. The van der Waals surface area contributed by atoms with Crippen LogP contribution in [0.25, 0.3) is 0 Å². The average Bonchev–Trinajstić information content (AvgIpc) is 3.54. The van der Waals surface area contributed by atoms with Gasteiger partial charge in [-0.15, -0.1) is 0 Å². The maximum absolute atomic E-state index is 12.3. The second-order valence-electron chi connectivity index (χ2n) is 16.6. The fourth-order valence-corrected chi connectivity index (χ4v) is 12.0. The quantitative estimate of drug-likeness (QED) is 0.0191. The maximum atomic E-state index is 12.3. The summed E-state index contributed by atoms with van der Waals surface area (Å²) in [5, 5.41) is 30.7. The van der Waals surface area contributed by atoms with Gasteiger partial charge in [-0.2, -0.15) is 34.2 Å². The molecular formula is C41H51N2O15S4+. The van der Waals surface area contributed by atoms with Crippen LogP contribution >= 0.6 is 12.0 Å². The van der Waals surface area contributed by atoms with E-state index >= 15 is 0 Å². The number of hydrogen-bond donors (Lipinski definition) is 6. The summed E-state index contributed by atoms with van der Waals surface area (Å²) in [6, 6.07) is 9.13. The van der Waals surface area contributed by atoms with Gasteiger partial charge in [0.15, 0.2) is 12.3 Å². The Morgan fingerprint density at radius 1 is 0.952 bits per heavy atom. The molecule has 6 N–H and O–H groups in total. The van der Waals surface area contributed by atoms with Gasteiger partial charge in [-0.05, 0) is 93.0 Å². The lowest BCUT2D eigenvalue weighted by atomic mass is 9.65. The Morgan fingerprint density at radius 3 is 2.32 bits per heavy atom. The monoisotopic (exact) mass is 939 g/mol. The number of anilines is 1. The molecule has 2 aromatic rings. The number of allylic oxidation sites excluding steroid dienone is 6. The topological polar surface area (TPSA) is 266 Å². The Balaban J connectivity index is 1.33. The molecule has 0 spiro atoms. The normalized spacial score (nSPS) is 25.9. The van der Waals surface area contributed by atoms with Crippen molar-refractivity contribution in [3.05, 3.63) is 95.3 Å². The van der Waals surface area contributed by atoms with E-state index in [2.05, 4.69) is 4.33 Å². The number of β-amino-alcohol motifs (C(OH)–C–C–N with tert-alkyl or cyclic N) is 2. The van der Waals surface area contributed by atoms with Gasteiger partial charge >= 0.3 is 5.97 Å². The van der Waals surface area contributed by atoms with Gasteiger partial charge in [-0.3, -0.25) is 18.5 Å². The molecule has 0 saturated heterocycles. The highest BCUT2D eigenvalue weighted by Gasteiger charge is 2.54. The molecule has 6 rings (SSSR count). The molecule has 17 nitrogen and oxygen atoms in total. The molecule has 2 saturated carbocycles. The van der Waals surface area contributed by atoms with Gasteiger partial charge in [0.2, 0.25) is 5.69 Å². The third-order valence-corrected chi connectivity index (χ3v) is 15.1. The first-order chi connectivity index (χ1) is 28.9. The van der Waals surface area contributed by atoms with Gasteiger partial charge in [0.1, 0.15) is 23.4 Å². The molecule has 2 heterocycles. The summed E-state index contributed by atoms with van der Waals surface area (Å²) < 4.78 is 112. The SMILES string of the molecule is CC(=O)OC(=C\C=C\C1CCCC2(C)c3cc(S(=O)(=O)O)ccc3N(CC(O)CS(=O)(=O)O)C12)/C=C/C=C1\CCCC2(C)C1=[N+](CC(O)CS(=O)(=O)O)c1ccc(SOO)cc12. The fraction of sp³-hybridized carbons (Fsp3) is 0.463. The molecule has 2 aliphatic carbocycles. The summed E-state index contributed by atoms with van der Waals surface area (Å²) in [5.74, 6) is -2.43. The third kappa shape index (κ3) is 10.6. The van der Waals surface area contributed by atoms with Crippen molar-refractivity contribution >= 4 is 65.5 Å². The second-order valence-corrected chi connectivity index (χ2v) is 21.8. The van der Waals surface area contributed by atoms with Gasteiger partial charge in [-0.1, -0.05) is 37.6 Å². The molecular weight excluding hydrogens is 889 g/mol. The summed E-state index contributed by atoms with van der Waals surface area (Å²) in [4.78, 5) is 14.4. The van der Waals surface area contributed by atoms with Crippen molar-refractivity contribution in [2.75, 3.05) is 29.5 Å². The summed E-state index contributed by atoms with van der Waals surface area (Å²) in [6.07, 6.45) is 11.5. The van der Waals surface area contributed by atoms with Crippen LogP contribution in [0.1, 0.15) is 70.4 Å². The van der Waals surface area contributed by atoms with Crippen LogP contribution in [0.4, 0.5) is 11.4 Å². The molecule has 0 bridgehead atoms. The van der Waals surface area contributed by atoms with Crippen molar-refractivity contribution in [3.8, 4) is 0 Å². The Kier molecular flexibility index (Phi) is 14.2. The number of ether oxygens (including phenoxy) is 1. The Hall–Kier alpha value is -3.74. The highest BCUT2D eigenvalue weighted by atomic mass is 32.2. The van der Waals surface area contributed by atoms with Crippen LogP contribution in [-0.4, -0.2) is 113 Å². The van der Waals surface area contributed by atoms with E-state index in [1.54, 1.807) is 36.4 Å².